The van der Waals surface area contributed by atoms with Crippen LogP contribution in [0, 0.1) is 0 Å². The van der Waals surface area contributed by atoms with E-state index in [2.05, 4.69) is 5.32 Å². The Labute approximate surface area is 136 Å². The van der Waals surface area contributed by atoms with E-state index in [1.807, 2.05) is 4.90 Å². The van der Waals surface area contributed by atoms with Crippen LogP contribution in [0.5, 0.6) is 0 Å². The molecule has 0 bridgehead atoms. The summed E-state index contributed by atoms with van der Waals surface area (Å²) in [7, 11) is 0. The van der Waals surface area contributed by atoms with Gasteiger partial charge in [0.05, 0.1) is 6.26 Å². The first-order chi connectivity index (χ1) is 10.2. The van der Waals surface area contributed by atoms with Gasteiger partial charge < -0.3 is 19.5 Å². The molecule has 1 aromatic heterocycles. The second-order valence-electron chi connectivity index (χ2n) is 5.65. The SMILES string of the molecule is Cl.O=C(CC1CCCN1)N1CCN(C(=O)c2ccco2)CC1. The fraction of sp³-hybridized carbons (Fsp3) is 0.600. The van der Waals surface area contributed by atoms with Crippen molar-refractivity contribution < 1.29 is 14.0 Å². The maximum Gasteiger partial charge on any atom is 0.289 e. The molecule has 3 heterocycles. The van der Waals surface area contributed by atoms with Crippen LogP contribution in [0.4, 0.5) is 0 Å². The van der Waals surface area contributed by atoms with Crippen LogP contribution < -0.4 is 5.32 Å². The summed E-state index contributed by atoms with van der Waals surface area (Å²) in [5, 5.41) is 3.35. The molecule has 2 fully saturated rings. The van der Waals surface area contributed by atoms with Crippen LogP contribution >= 0.6 is 12.4 Å². The van der Waals surface area contributed by atoms with E-state index in [-0.39, 0.29) is 24.2 Å². The van der Waals surface area contributed by atoms with Gasteiger partial charge >= 0.3 is 0 Å². The molecule has 1 aromatic rings. The highest BCUT2D eigenvalue weighted by atomic mass is 35.5. The summed E-state index contributed by atoms with van der Waals surface area (Å²) >= 11 is 0. The molecular weight excluding hydrogens is 306 g/mol. The lowest BCUT2D eigenvalue weighted by atomic mass is 10.1. The van der Waals surface area contributed by atoms with Gasteiger partial charge in [0.1, 0.15) is 0 Å². The molecule has 122 valence electrons. The molecule has 1 unspecified atom stereocenters. The van der Waals surface area contributed by atoms with Gasteiger partial charge in [0, 0.05) is 38.6 Å². The Kier molecular flexibility index (Phi) is 5.85. The number of furan rings is 1. The number of halogens is 1. The van der Waals surface area contributed by atoms with E-state index in [1.165, 1.54) is 6.26 Å². The number of amides is 2. The number of nitrogens with one attached hydrogen (secondary N) is 1. The largest absolute Gasteiger partial charge is 0.459 e. The van der Waals surface area contributed by atoms with E-state index < -0.39 is 0 Å². The van der Waals surface area contributed by atoms with Crippen molar-refractivity contribution in [3.63, 3.8) is 0 Å². The Balaban J connectivity index is 0.00000176. The first-order valence-electron chi connectivity index (χ1n) is 7.58. The van der Waals surface area contributed by atoms with Crippen molar-refractivity contribution in [2.45, 2.75) is 25.3 Å². The first kappa shape index (κ1) is 16.8. The van der Waals surface area contributed by atoms with Gasteiger partial charge in [-0.25, -0.2) is 0 Å². The van der Waals surface area contributed by atoms with Crippen molar-refractivity contribution >= 4 is 24.2 Å². The number of hydrogen-bond donors (Lipinski definition) is 1. The fourth-order valence-corrected chi connectivity index (χ4v) is 2.99. The molecule has 2 saturated heterocycles. The molecule has 0 aromatic carbocycles. The van der Waals surface area contributed by atoms with Gasteiger partial charge in [0.25, 0.3) is 5.91 Å². The first-order valence-corrected chi connectivity index (χ1v) is 7.58. The normalized spacial score (nSPS) is 21.5. The highest BCUT2D eigenvalue weighted by Crippen LogP contribution is 2.13. The van der Waals surface area contributed by atoms with E-state index in [0.717, 1.165) is 19.4 Å². The highest BCUT2D eigenvalue weighted by Gasteiger charge is 2.27. The van der Waals surface area contributed by atoms with Gasteiger partial charge in [-0.15, -0.1) is 12.4 Å². The fourth-order valence-electron chi connectivity index (χ4n) is 2.99. The van der Waals surface area contributed by atoms with Crippen LogP contribution in [-0.2, 0) is 4.79 Å². The Morgan fingerprint density at radius 3 is 2.55 bits per heavy atom. The highest BCUT2D eigenvalue weighted by molar-refractivity contribution is 5.91. The van der Waals surface area contributed by atoms with E-state index in [1.54, 1.807) is 17.0 Å². The van der Waals surface area contributed by atoms with Gasteiger partial charge in [0.15, 0.2) is 5.76 Å². The third-order valence-corrected chi connectivity index (χ3v) is 4.23. The topological polar surface area (TPSA) is 65.8 Å². The second-order valence-corrected chi connectivity index (χ2v) is 5.65. The maximum atomic E-state index is 12.2. The van der Waals surface area contributed by atoms with Gasteiger partial charge in [-0.3, -0.25) is 9.59 Å². The summed E-state index contributed by atoms with van der Waals surface area (Å²) in [5.74, 6) is 0.467. The lowest BCUT2D eigenvalue weighted by molar-refractivity contribution is -0.133. The standard InChI is InChI=1S/C15H21N3O3.ClH/c19-14(11-12-3-1-5-16-12)17-6-8-18(9-7-17)15(20)13-4-2-10-21-13;/h2,4,10,12,16H,1,3,5-9,11H2;1H. The zero-order valence-electron chi connectivity index (χ0n) is 12.5. The third-order valence-electron chi connectivity index (χ3n) is 4.23. The second kappa shape index (κ2) is 7.65. The Morgan fingerprint density at radius 2 is 1.95 bits per heavy atom. The molecule has 0 saturated carbocycles. The molecule has 2 aliphatic rings. The van der Waals surface area contributed by atoms with E-state index in [0.29, 0.717) is 44.4 Å². The smallest absolute Gasteiger partial charge is 0.289 e. The average molecular weight is 328 g/mol. The molecule has 2 aliphatic heterocycles. The monoisotopic (exact) mass is 327 g/mol. The molecule has 3 rings (SSSR count). The Morgan fingerprint density at radius 1 is 1.23 bits per heavy atom. The molecule has 22 heavy (non-hydrogen) atoms. The molecular formula is C15H22ClN3O3. The number of carbonyl (C=O) groups excluding carboxylic acids is 2. The van der Waals surface area contributed by atoms with Crippen molar-refractivity contribution in [1.82, 2.24) is 15.1 Å². The lowest BCUT2D eigenvalue weighted by Crippen LogP contribution is -2.51. The predicted octanol–water partition coefficient (Wildman–Crippen LogP) is 1.13. The number of hydrogen-bond acceptors (Lipinski definition) is 4. The minimum Gasteiger partial charge on any atom is -0.459 e. The molecule has 1 N–H and O–H groups in total. The third kappa shape index (κ3) is 3.81. The minimum absolute atomic E-state index is 0. The molecule has 2 amide bonds. The predicted molar refractivity (Wildman–Crippen MR) is 84.1 cm³/mol. The molecule has 7 heteroatoms. The zero-order valence-corrected chi connectivity index (χ0v) is 13.3. The van der Waals surface area contributed by atoms with Crippen LogP contribution in [0.1, 0.15) is 29.8 Å². The molecule has 0 spiro atoms. The van der Waals surface area contributed by atoms with Crippen molar-refractivity contribution in [2.24, 2.45) is 0 Å². The van der Waals surface area contributed by atoms with Gasteiger partial charge in [-0.1, -0.05) is 0 Å². The number of nitrogens with zero attached hydrogens (tertiary/aromatic N) is 2. The van der Waals surface area contributed by atoms with Gasteiger partial charge in [-0.05, 0) is 31.5 Å². The number of rotatable bonds is 3. The Bertz CT molecular complexity index is 492. The van der Waals surface area contributed by atoms with Crippen molar-refractivity contribution in [1.29, 1.82) is 0 Å². The molecule has 0 aliphatic carbocycles. The van der Waals surface area contributed by atoms with Crippen LogP contribution in [0.15, 0.2) is 22.8 Å². The summed E-state index contributed by atoms with van der Waals surface area (Å²) in [6.45, 7) is 3.38. The maximum absolute atomic E-state index is 12.2. The zero-order chi connectivity index (χ0) is 14.7. The number of piperazine rings is 1. The van der Waals surface area contributed by atoms with E-state index >= 15 is 0 Å². The molecule has 0 radical (unpaired) electrons. The summed E-state index contributed by atoms with van der Waals surface area (Å²) < 4.78 is 5.13. The van der Waals surface area contributed by atoms with Crippen molar-refractivity contribution in [3.05, 3.63) is 24.2 Å². The average Bonchev–Trinajstić information content (AvgIpc) is 3.20. The van der Waals surface area contributed by atoms with E-state index in [4.69, 9.17) is 4.42 Å². The summed E-state index contributed by atoms with van der Waals surface area (Å²) in [4.78, 5) is 28.0. The Hall–Kier alpha value is -1.53. The summed E-state index contributed by atoms with van der Waals surface area (Å²) in [5.41, 5.74) is 0. The van der Waals surface area contributed by atoms with Crippen LogP contribution in [0.3, 0.4) is 0 Å². The molecule has 6 nitrogen and oxygen atoms in total. The van der Waals surface area contributed by atoms with Crippen LogP contribution in [0.25, 0.3) is 0 Å². The lowest BCUT2D eigenvalue weighted by Gasteiger charge is -2.34. The quantitative estimate of drug-likeness (QED) is 0.903. The molecule has 1 atom stereocenters. The summed E-state index contributed by atoms with van der Waals surface area (Å²) in [6, 6.07) is 3.72. The van der Waals surface area contributed by atoms with E-state index in [9.17, 15) is 9.59 Å². The summed E-state index contributed by atoms with van der Waals surface area (Å²) in [6.07, 6.45) is 4.32. The number of carbonyl (C=O) groups is 2. The van der Waals surface area contributed by atoms with Crippen molar-refractivity contribution in [2.75, 3.05) is 32.7 Å². The van der Waals surface area contributed by atoms with Gasteiger partial charge in [0.2, 0.25) is 5.91 Å². The van der Waals surface area contributed by atoms with Crippen LogP contribution in [0.2, 0.25) is 0 Å². The minimum atomic E-state index is -0.0930. The van der Waals surface area contributed by atoms with Crippen LogP contribution in [-0.4, -0.2) is 60.4 Å². The van der Waals surface area contributed by atoms with Crippen molar-refractivity contribution in [3.8, 4) is 0 Å². The van der Waals surface area contributed by atoms with Gasteiger partial charge in [-0.2, -0.15) is 0 Å².